The number of hydrogen-bond donors (Lipinski definition) is 1. The fraction of sp³-hybridized carbons (Fsp3) is 0.0952. The largest absolute Gasteiger partial charge is 0.480 e. The van der Waals surface area contributed by atoms with Crippen LogP contribution >= 0.6 is 27.7 Å². The molecule has 0 aliphatic carbocycles. The molecule has 26 heavy (non-hydrogen) atoms. The third kappa shape index (κ3) is 2.91. The van der Waals surface area contributed by atoms with Crippen LogP contribution in [0, 0.1) is 0 Å². The number of aliphatic carboxylic acids is 1. The number of aromatic nitrogens is 1. The summed E-state index contributed by atoms with van der Waals surface area (Å²) in [6, 6.07) is 20.5. The lowest BCUT2D eigenvalue weighted by atomic mass is 10.1. The average Bonchev–Trinajstić information content (AvgIpc) is 3.01. The smallest absolute Gasteiger partial charge is 0.316 e. The maximum absolute atomic E-state index is 11.3. The van der Waals surface area contributed by atoms with Crippen molar-refractivity contribution in [2.24, 2.45) is 0 Å². The molecule has 0 bridgehead atoms. The van der Waals surface area contributed by atoms with Gasteiger partial charge in [0, 0.05) is 26.3 Å². The van der Waals surface area contributed by atoms with Gasteiger partial charge in [-0.15, -0.1) is 11.8 Å². The summed E-state index contributed by atoms with van der Waals surface area (Å²) in [4.78, 5) is 12.3. The summed E-state index contributed by atoms with van der Waals surface area (Å²) in [6.07, 6.45) is 2.05. The van der Waals surface area contributed by atoms with Crippen LogP contribution in [0.1, 0.15) is 6.92 Å². The number of nitrogens with zero attached hydrogens (tertiary/aromatic N) is 1. The van der Waals surface area contributed by atoms with Crippen molar-refractivity contribution in [2.75, 3.05) is 0 Å². The Bertz CT molecular complexity index is 1140. The Labute approximate surface area is 163 Å². The highest BCUT2D eigenvalue weighted by Crippen LogP contribution is 2.37. The number of carboxylic acid groups (broad SMARTS) is 1. The molecule has 0 spiro atoms. The van der Waals surface area contributed by atoms with Crippen LogP contribution in [-0.4, -0.2) is 20.9 Å². The molecule has 0 fully saturated rings. The van der Waals surface area contributed by atoms with Crippen molar-refractivity contribution in [1.82, 2.24) is 4.57 Å². The topological polar surface area (TPSA) is 42.2 Å². The summed E-state index contributed by atoms with van der Waals surface area (Å²) in [7, 11) is 0. The molecular weight excluding hydrogens is 410 g/mol. The second-order valence-electron chi connectivity index (χ2n) is 6.09. The molecule has 1 unspecified atom stereocenters. The summed E-state index contributed by atoms with van der Waals surface area (Å²) < 4.78 is 3.21. The van der Waals surface area contributed by atoms with E-state index >= 15 is 0 Å². The van der Waals surface area contributed by atoms with E-state index in [1.165, 1.54) is 11.8 Å². The third-order valence-electron chi connectivity index (χ3n) is 4.43. The monoisotopic (exact) mass is 425 g/mol. The minimum absolute atomic E-state index is 0.504. The van der Waals surface area contributed by atoms with Crippen molar-refractivity contribution in [2.45, 2.75) is 17.1 Å². The molecule has 0 amide bonds. The van der Waals surface area contributed by atoms with Gasteiger partial charge in [0.05, 0.1) is 11.2 Å². The Kier molecular flexibility index (Phi) is 4.51. The van der Waals surface area contributed by atoms with Crippen molar-refractivity contribution < 1.29 is 9.90 Å². The number of benzene rings is 3. The number of thioether (sulfide) groups is 1. The second kappa shape index (κ2) is 6.82. The maximum atomic E-state index is 11.3. The summed E-state index contributed by atoms with van der Waals surface area (Å²) in [5, 5.41) is 12.1. The zero-order valence-corrected chi connectivity index (χ0v) is 16.4. The molecule has 0 saturated carbocycles. The van der Waals surface area contributed by atoms with Gasteiger partial charge in [0.15, 0.2) is 0 Å². The predicted molar refractivity (Wildman–Crippen MR) is 111 cm³/mol. The first kappa shape index (κ1) is 17.2. The van der Waals surface area contributed by atoms with E-state index in [2.05, 4.69) is 50.8 Å². The Morgan fingerprint density at radius 1 is 1.00 bits per heavy atom. The van der Waals surface area contributed by atoms with Gasteiger partial charge in [-0.25, -0.2) is 0 Å². The lowest BCUT2D eigenvalue weighted by Gasteiger charge is -2.11. The second-order valence-corrected chi connectivity index (χ2v) is 8.33. The molecule has 130 valence electrons. The standard InChI is InChI=1S/C21H16BrNO2S/c1-13(21(24)25)26-20-12-23(18-9-5-4-8-16(18)20)19-11-10-17(22)14-6-2-3-7-15(14)19/h2-13H,1H3,(H,24,25). The molecule has 0 aliphatic heterocycles. The van der Waals surface area contributed by atoms with Crippen molar-refractivity contribution in [1.29, 1.82) is 0 Å². The molecule has 3 nitrogen and oxygen atoms in total. The normalized spacial score (nSPS) is 12.5. The number of carbonyl (C=O) groups is 1. The number of carboxylic acids is 1. The van der Waals surface area contributed by atoms with Gasteiger partial charge in [-0.05, 0) is 30.5 Å². The molecule has 5 heteroatoms. The van der Waals surface area contributed by atoms with E-state index in [4.69, 9.17) is 0 Å². The molecule has 4 aromatic rings. The molecule has 0 aliphatic rings. The van der Waals surface area contributed by atoms with Crippen molar-refractivity contribution in [3.63, 3.8) is 0 Å². The van der Waals surface area contributed by atoms with Crippen LogP contribution in [-0.2, 0) is 4.79 Å². The zero-order valence-electron chi connectivity index (χ0n) is 14.0. The summed E-state index contributed by atoms with van der Waals surface area (Å²) in [6.45, 7) is 1.72. The lowest BCUT2D eigenvalue weighted by molar-refractivity contribution is -0.136. The Morgan fingerprint density at radius 3 is 2.38 bits per heavy atom. The first-order valence-electron chi connectivity index (χ1n) is 8.23. The molecule has 3 aromatic carbocycles. The minimum atomic E-state index is -0.805. The highest BCUT2D eigenvalue weighted by Gasteiger charge is 2.18. The van der Waals surface area contributed by atoms with E-state index in [1.54, 1.807) is 6.92 Å². The van der Waals surface area contributed by atoms with Gasteiger partial charge in [-0.1, -0.05) is 58.4 Å². The van der Waals surface area contributed by atoms with Crippen LogP contribution in [0.3, 0.4) is 0 Å². The minimum Gasteiger partial charge on any atom is -0.480 e. The summed E-state index contributed by atoms with van der Waals surface area (Å²) >= 11 is 5.00. The van der Waals surface area contributed by atoms with E-state index < -0.39 is 11.2 Å². The maximum Gasteiger partial charge on any atom is 0.316 e. The van der Waals surface area contributed by atoms with Crippen LogP contribution in [0.2, 0.25) is 0 Å². The van der Waals surface area contributed by atoms with Gasteiger partial charge in [0.25, 0.3) is 0 Å². The molecule has 0 saturated heterocycles. The third-order valence-corrected chi connectivity index (χ3v) is 6.26. The van der Waals surface area contributed by atoms with Gasteiger partial charge in [0.1, 0.15) is 5.25 Å². The zero-order chi connectivity index (χ0) is 18.3. The summed E-state index contributed by atoms with van der Waals surface area (Å²) in [5.41, 5.74) is 2.15. The van der Waals surface area contributed by atoms with E-state index in [1.807, 2.05) is 36.5 Å². The van der Waals surface area contributed by atoms with Crippen LogP contribution in [0.5, 0.6) is 0 Å². The summed E-state index contributed by atoms with van der Waals surface area (Å²) in [5.74, 6) is -0.805. The van der Waals surface area contributed by atoms with Gasteiger partial charge >= 0.3 is 5.97 Å². The van der Waals surface area contributed by atoms with E-state index in [0.717, 1.165) is 36.7 Å². The van der Waals surface area contributed by atoms with Gasteiger partial charge < -0.3 is 9.67 Å². The lowest BCUT2D eigenvalue weighted by Crippen LogP contribution is -2.10. The number of fused-ring (bicyclic) bond motifs is 2. The van der Waals surface area contributed by atoms with E-state index in [0.29, 0.717) is 0 Å². The molecule has 1 atom stereocenters. The number of halogens is 1. The SMILES string of the molecule is CC(Sc1cn(-c2ccc(Br)c3ccccc23)c2ccccc12)C(=O)O. The molecule has 1 heterocycles. The first-order valence-corrected chi connectivity index (χ1v) is 9.90. The van der Waals surface area contributed by atoms with Crippen molar-refractivity contribution >= 4 is 55.3 Å². The fourth-order valence-corrected chi connectivity index (χ4v) is 4.56. The number of para-hydroxylation sites is 1. The quantitative estimate of drug-likeness (QED) is 0.401. The molecule has 0 radical (unpaired) electrons. The van der Waals surface area contributed by atoms with E-state index in [9.17, 15) is 9.90 Å². The van der Waals surface area contributed by atoms with Gasteiger partial charge in [-0.2, -0.15) is 0 Å². The van der Waals surface area contributed by atoms with Crippen molar-refractivity contribution in [3.8, 4) is 5.69 Å². The molecule has 1 N–H and O–H groups in total. The molecule has 4 rings (SSSR count). The van der Waals surface area contributed by atoms with Gasteiger partial charge in [-0.3, -0.25) is 4.79 Å². The van der Waals surface area contributed by atoms with Crippen LogP contribution in [0.4, 0.5) is 0 Å². The Balaban J connectivity index is 1.96. The van der Waals surface area contributed by atoms with Crippen molar-refractivity contribution in [3.05, 3.63) is 71.3 Å². The highest BCUT2D eigenvalue weighted by atomic mass is 79.9. The van der Waals surface area contributed by atoms with Gasteiger partial charge in [0.2, 0.25) is 0 Å². The Morgan fingerprint density at radius 2 is 1.65 bits per heavy atom. The average molecular weight is 426 g/mol. The fourth-order valence-electron chi connectivity index (χ4n) is 3.14. The predicted octanol–water partition coefficient (Wildman–Crippen LogP) is 6.11. The van der Waals surface area contributed by atoms with E-state index in [-0.39, 0.29) is 0 Å². The van der Waals surface area contributed by atoms with Crippen LogP contribution in [0.25, 0.3) is 27.4 Å². The first-order chi connectivity index (χ1) is 12.6. The van der Waals surface area contributed by atoms with Crippen LogP contribution in [0.15, 0.2) is 76.2 Å². The number of rotatable bonds is 4. The number of hydrogen-bond acceptors (Lipinski definition) is 2. The Hall–Kier alpha value is -2.24. The highest BCUT2D eigenvalue weighted by molar-refractivity contribution is 9.10. The molecule has 1 aromatic heterocycles. The molecular formula is C21H16BrNO2S. The van der Waals surface area contributed by atoms with Crippen LogP contribution < -0.4 is 0 Å².